The first-order valence-electron chi connectivity index (χ1n) is 6.12. The number of carboxylic acid groups (broad SMARTS) is 1. The molecule has 3 atom stereocenters. The SMILES string of the molecule is CCS(=O)(=O)[C@@H]1[C@@H](c2cccc(Cl)c2)[C@]1(CO)C(=O)O. The average molecular weight is 319 g/mol. The predicted octanol–water partition coefficient (Wildman–Crippen LogP) is 1.30. The minimum absolute atomic E-state index is 0.163. The van der Waals surface area contributed by atoms with Crippen molar-refractivity contribution < 1.29 is 23.4 Å². The Morgan fingerprint density at radius 1 is 1.45 bits per heavy atom. The van der Waals surface area contributed by atoms with Gasteiger partial charge >= 0.3 is 5.97 Å². The van der Waals surface area contributed by atoms with E-state index >= 15 is 0 Å². The number of hydrogen-bond acceptors (Lipinski definition) is 4. The van der Waals surface area contributed by atoms with Crippen molar-refractivity contribution in [3.63, 3.8) is 0 Å². The molecule has 7 heteroatoms. The molecule has 1 aliphatic rings. The van der Waals surface area contributed by atoms with E-state index in [1.54, 1.807) is 24.3 Å². The van der Waals surface area contributed by atoms with Gasteiger partial charge < -0.3 is 10.2 Å². The van der Waals surface area contributed by atoms with Crippen molar-refractivity contribution in [1.82, 2.24) is 0 Å². The van der Waals surface area contributed by atoms with Gasteiger partial charge in [0, 0.05) is 16.7 Å². The Kier molecular flexibility index (Phi) is 3.83. The Hall–Kier alpha value is -1.11. The third kappa shape index (κ3) is 2.12. The summed E-state index contributed by atoms with van der Waals surface area (Å²) in [7, 11) is -3.58. The lowest BCUT2D eigenvalue weighted by Gasteiger charge is -2.08. The van der Waals surface area contributed by atoms with Crippen LogP contribution in [0.2, 0.25) is 5.02 Å². The van der Waals surface area contributed by atoms with Crippen molar-refractivity contribution in [2.45, 2.75) is 18.1 Å². The summed E-state index contributed by atoms with van der Waals surface area (Å²) in [5.74, 6) is -2.23. The zero-order valence-corrected chi connectivity index (χ0v) is 12.4. The van der Waals surface area contributed by atoms with Gasteiger partial charge in [0.25, 0.3) is 0 Å². The molecule has 110 valence electrons. The molecule has 0 aromatic heterocycles. The fourth-order valence-corrected chi connectivity index (χ4v) is 5.05. The Morgan fingerprint density at radius 2 is 2.10 bits per heavy atom. The summed E-state index contributed by atoms with van der Waals surface area (Å²) >= 11 is 5.87. The molecule has 0 bridgehead atoms. The van der Waals surface area contributed by atoms with Gasteiger partial charge in [-0.25, -0.2) is 8.42 Å². The Bertz CT molecular complexity index is 642. The van der Waals surface area contributed by atoms with Crippen LogP contribution in [0.25, 0.3) is 0 Å². The fraction of sp³-hybridized carbons (Fsp3) is 0.462. The van der Waals surface area contributed by atoms with Crippen molar-refractivity contribution in [2.24, 2.45) is 5.41 Å². The zero-order chi connectivity index (χ0) is 15.1. The van der Waals surface area contributed by atoms with Crippen molar-refractivity contribution in [3.8, 4) is 0 Å². The van der Waals surface area contributed by atoms with E-state index in [0.29, 0.717) is 10.6 Å². The molecular formula is C13H15ClO5S. The second-order valence-electron chi connectivity index (χ2n) is 4.91. The van der Waals surface area contributed by atoms with E-state index in [1.807, 2.05) is 0 Å². The summed E-state index contributed by atoms with van der Waals surface area (Å²) < 4.78 is 24.2. The largest absolute Gasteiger partial charge is 0.481 e. The molecule has 1 aromatic rings. The van der Waals surface area contributed by atoms with Crippen LogP contribution in [0.5, 0.6) is 0 Å². The maximum atomic E-state index is 12.1. The standard InChI is InChI=1S/C13H15ClO5S/c1-2-20(18,19)11-10(13(11,7-15)12(16)17)8-4-3-5-9(14)6-8/h3-6,10-11,15H,2,7H2,1H3,(H,16,17)/t10-,11-,13+/m1/s1. The predicted molar refractivity (Wildman–Crippen MR) is 74.6 cm³/mol. The molecule has 2 N–H and O–H groups in total. The highest BCUT2D eigenvalue weighted by Crippen LogP contribution is 2.63. The van der Waals surface area contributed by atoms with Crippen LogP contribution in [0.3, 0.4) is 0 Å². The zero-order valence-electron chi connectivity index (χ0n) is 10.8. The number of aliphatic carboxylic acids is 1. The van der Waals surface area contributed by atoms with E-state index in [4.69, 9.17) is 11.6 Å². The van der Waals surface area contributed by atoms with Crippen LogP contribution in [-0.2, 0) is 14.6 Å². The number of halogens is 1. The van der Waals surface area contributed by atoms with Crippen LogP contribution in [0.15, 0.2) is 24.3 Å². The van der Waals surface area contributed by atoms with Gasteiger partial charge in [0.2, 0.25) is 0 Å². The smallest absolute Gasteiger partial charge is 0.314 e. The second-order valence-corrected chi connectivity index (χ2v) is 7.76. The minimum atomic E-state index is -3.58. The lowest BCUT2D eigenvalue weighted by atomic mass is 10.0. The van der Waals surface area contributed by atoms with Crippen LogP contribution in [-0.4, -0.2) is 42.2 Å². The summed E-state index contributed by atoms with van der Waals surface area (Å²) in [5, 5.41) is 18.1. The Labute approximate surface area is 122 Å². The highest BCUT2D eigenvalue weighted by atomic mass is 35.5. The summed E-state index contributed by atoms with van der Waals surface area (Å²) in [5.41, 5.74) is -1.14. The van der Waals surface area contributed by atoms with Crippen LogP contribution in [0.4, 0.5) is 0 Å². The summed E-state index contributed by atoms with van der Waals surface area (Å²) in [6, 6.07) is 6.44. The van der Waals surface area contributed by atoms with Gasteiger partial charge in [-0.2, -0.15) is 0 Å². The topological polar surface area (TPSA) is 91.7 Å². The van der Waals surface area contributed by atoms with Gasteiger partial charge in [-0.1, -0.05) is 30.7 Å². The molecule has 1 fully saturated rings. The Balaban J connectivity index is 2.54. The fourth-order valence-electron chi connectivity index (χ4n) is 2.79. The van der Waals surface area contributed by atoms with Crippen LogP contribution < -0.4 is 0 Å². The number of carbonyl (C=O) groups is 1. The molecular weight excluding hydrogens is 304 g/mol. The lowest BCUT2D eigenvalue weighted by Crippen LogP contribution is -2.28. The Morgan fingerprint density at radius 3 is 2.55 bits per heavy atom. The van der Waals surface area contributed by atoms with Crippen molar-refractivity contribution in [2.75, 3.05) is 12.4 Å². The molecule has 2 rings (SSSR count). The molecule has 5 nitrogen and oxygen atoms in total. The quantitative estimate of drug-likeness (QED) is 0.854. The first-order chi connectivity index (χ1) is 9.31. The number of benzene rings is 1. The summed E-state index contributed by atoms with van der Waals surface area (Å²) in [6.07, 6.45) is 0. The van der Waals surface area contributed by atoms with Crippen LogP contribution in [0, 0.1) is 5.41 Å². The van der Waals surface area contributed by atoms with E-state index in [2.05, 4.69) is 0 Å². The number of hydrogen-bond donors (Lipinski definition) is 2. The van der Waals surface area contributed by atoms with E-state index in [1.165, 1.54) is 6.92 Å². The maximum absolute atomic E-state index is 12.1. The molecule has 0 saturated heterocycles. The molecule has 0 spiro atoms. The van der Waals surface area contributed by atoms with Gasteiger partial charge in [-0.3, -0.25) is 4.79 Å². The molecule has 0 heterocycles. The van der Waals surface area contributed by atoms with Gasteiger partial charge in [0.15, 0.2) is 9.84 Å². The highest BCUT2D eigenvalue weighted by Gasteiger charge is 2.75. The van der Waals surface area contributed by atoms with Crippen LogP contribution >= 0.6 is 11.6 Å². The third-order valence-corrected chi connectivity index (χ3v) is 6.42. The number of rotatable bonds is 5. The minimum Gasteiger partial charge on any atom is -0.481 e. The van der Waals surface area contributed by atoms with Crippen molar-refractivity contribution in [1.29, 1.82) is 0 Å². The van der Waals surface area contributed by atoms with E-state index < -0.39 is 39.0 Å². The van der Waals surface area contributed by atoms with Gasteiger partial charge in [-0.15, -0.1) is 0 Å². The highest BCUT2D eigenvalue weighted by molar-refractivity contribution is 7.92. The van der Waals surface area contributed by atoms with Crippen LogP contribution in [0.1, 0.15) is 18.4 Å². The molecule has 0 radical (unpaired) electrons. The first kappa shape index (κ1) is 15.3. The van der Waals surface area contributed by atoms with Crippen molar-refractivity contribution >= 4 is 27.4 Å². The average Bonchev–Trinajstić information content (AvgIpc) is 3.10. The van der Waals surface area contributed by atoms with Crippen molar-refractivity contribution in [3.05, 3.63) is 34.9 Å². The molecule has 0 unspecified atom stereocenters. The number of aliphatic hydroxyl groups is 1. The molecule has 1 aromatic carbocycles. The third-order valence-electron chi connectivity index (χ3n) is 3.91. The maximum Gasteiger partial charge on any atom is 0.314 e. The summed E-state index contributed by atoms with van der Waals surface area (Å²) in [6.45, 7) is 0.746. The second kappa shape index (κ2) is 5.02. The molecule has 20 heavy (non-hydrogen) atoms. The van der Waals surface area contributed by atoms with E-state index in [-0.39, 0.29) is 5.75 Å². The first-order valence-corrected chi connectivity index (χ1v) is 8.22. The van der Waals surface area contributed by atoms with Gasteiger partial charge in [0.05, 0.1) is 11.9 Å². The normalized spacial score (nSPS) is 29.1. The number of sulfone groups is 1. The van der Waals surface area contributed by atoms with E-state index in [9.17, 15) is 23.4 Å². The lowest BCUT2D eigenvalue weighted by molar-refractivity contribution is -0.145. The number of carboxylic acids is 1. The summed E-state index contributed by atoms with van der Waals surface area (Å²) in [4.78, 5) is 11.5. The molecule has 1 aliphatic carbocycles. The number of aliphatic hydroxyl groups excluding tert-OH is 1. The molecule has 0 amide bonds. The molecule has 1 saturated carbocycles. The monoisotopic (exact) mass is 318 g/mol. The van der Waals surface area contributed by atoms with E-state index in [0.717, 1.165) is 0 Å². The van der Waals surface area contributed by atoms with Gasteiger partial charge in [0.1, 0.15) is 5.41 Å². The molecule has 0 aliphatic heterocycles. The van der Waals surface area contributed by atoms with Gasteiger partial charge in [-0.05, 0) is 17.7 Å².